The Balaban J connectivity index is 3.60. The van der Waals surface area contributed by atoms with Crippen LogP contribution in [0.2, 0.25) is 0 Å². The van der Waals surface area contributed by atoms with Gasteiger partial charge in [-0.15, -0.1) is 0 Å². The van der Waals surface area contributed by atoms with E-state index in [1.165, 1.54) is 0 Å². The maximum absolute atomic E-state index is 10.6. The number of hydroxylamine groups is 1. The molecule has 64 valence electrons. The van der Waals surface area contributed by atoms with Crippen LogP contribution in [0.5, 0.6) is 0 Å². The van der Waals surface area contributed by atoms with E-state index in [0.717, 1.165) is 6.92 Å². The van der Waals surface area contributed by atoms with Gasteiger partial charge in [-0.3, -0.25) is 9.59 Å². The number of nitrogens with one attached hydrogen (secondary N) is 1. The third-order valence-corrected chi connectivity index (χ3v) is 0.829. The first kappa shape index (κ1) is 9.86. The summed E-state index contributed by atoms with van der Waals surface area (Å²) in [6.07, 6.45) is 0. The van der Waals surface area contributed by atoms with Gasteiger partial charge in [0.25, 0.3) is 5.91 Å². The van der Waals surface area contributed by atoms with Gasteiger partial charge in [-0.2, -0.15) is 5.48 Å². The van der Waals surface area contributed by atoms with Crippen LogP contribution in [0.1, 0.15) is 6.92 Å². The molecular formula is C5H10N2O4. The molecule has 0 spiro atoms. The van der Waals surface area contributed by atoms with Crippen LogP contribution in [-0.4, -0.2) is 29.6 Å². The van der Waals surface area contributed by atoms with Crippen molar-refractivity contribution < 1.29 is 19.5 Å². The predicted molar refractivity (Wildman–Crippen MR) is 35.0 cm³/mol. The molecule has 0 aromatic carbocycles. The first-order chi connectivity index (χ1) is 5.07. The second-order valence-corrected chi connectivity index (χ2v) is 1.85. The summed E-state index contributed by atoms with van der Waals surface area (Å²) in [7, 11) is 0. The van der Waals surface area contributed by atoms with Gasteiger partial charge >= 0.3 is 5.97 Å². The van der Waals surface area contributed by atoms with Crippen LogP contribution in [0.4, 0.5) is 0 Å². The zero-order chi connectivity index (χ0) is 8.85. The highest BCUT2D eigenvalue weighted by Crippen LogP contribution is 1.77. The highest BCUT2D eigenvalue weighted by atomic mass is 16.7. The number of carbonyl (C=O) groups excluding carboxylic acids is 2. The van der Waals surface area contributed by atoms with Crippen molar-refractivity contribution in [2.45, 2.75) is 13.0 Å². The van der Waals surface area contributed by atoms with Crippen molar-refractivity contribution in [3.8, 4) is 0 Å². The number of nitrogens with two attached hydrogens (primary N) is 1. The number of aliphatic hydroxyl groups is 1. The molecule has 0 saturated carbocycles. The topological polar surface area (TPSA) is 102 Å². The fourth-order valence-electron chi connectivity index (χ4n) is 0.281. The number of amides is 1. The first-order valence-electron chi connectivity index (χ1n) is 2.91. The highest BCUT2D eigenvalue weighted by molar-refractivity contribution is 5.82. The lowest BCUT2D eigenvalue weighted by atomic mass is 10.3. The molecule has 0 saturated heterocycles. The normalized spacial score (nSPS) is 11.9. The van der Waals surface area contributed by atoms with Crippen LogP contribution in [0.15, 0.2) is 0 Å². The number of carbonyl (C=O) groups is 2. The van der Waals surface area contributed by atoms with Crippen LogP contribution in [0, 0.1) is 0 Å². The summed E-state index contributed by atoms with van der Waals surface area (Å²) in [6, 6.07) is -1.06. The third kappa shape index (κ3) is 4.29. The van der Waals surface area contributed by atoms with E-state index in [4.69, 9.17) is 10.8 Å². The van der Waals surface area contributed by atoms with Gasteiger partial charge in [0.1, 0.15) is 6.04 Å². The van der Waals surface area contributed by atoms with Crippen molar-refractivity contribution in [2.75, 3.05) is 6.61 Å². The van der Waals surface area contributed by atoms with E-state index in [-0.39, 0.29) is 0 Å². The summed E-state index contributed by atoms with van der Waals surface area (Å²) in [6.45, 7) is 0.637. The van der Waals surface area contributed by atoms with E-state index < -0.39 is 24.5 Å². The van der Waals surface area contributed by atoms with Gasteiger partial charge in [0.15, 0.2) is 0 Å². The second-order valence-electron chi connectivity index (χ2n) is 1.85. The minimum atomic E-state index is -1.06. The van der Waals surface area contributed by atoms with Crippen molar-refractivity contribution in [3.63, 3.8) is 0 Å². The Morgan fingerprint density at radius 2 is 2.27 bits per heavy atom. The summed E-state index contributed by atoms with van der Waals surface area (Å²) in [5, 5.41) is 8.34. The van der Waals surface area contributed by atoms with Crippen LogP contribution >= 0.6 is 0 Å². The largest absolute Gasteiger partial charge is 0.394 e. The number of aliphatic hydroxyl groups excluding tert-OH is 1. The van der Waals surface area contributed by atoms with Gasteiger partial charge < -0.3 is 15.7 Å². The molecule has 0 heterocycles. The summed E-state index contributed by atoms with van der Waals surface area (Å²) >= 11 is 0. The fraction of sp³-hybridized carbons (Fsp3) is 0.600. The van der Waals surface area contributed by atoms with Crippen LogP contribution in [0.3, 0.4) is 0 Å². The Morgan fingerprint density at radius 1 is 1.73 bits per heavy atom. The lowest BCUT2D eigenvalue weighted by Gasteiger charge is -2.07. The quantitative estimate of drug-likeness (QED) is 0.404. The highest BCUT2D eigenvalue weighted by Gasteiger charge is 2.12. The maximum Gasteiger partial charge on any atom is 0.329 e. The smallest absolute Gasteiger partial charge is 0.329 e. The van der Waals surface area contributed by atoms with Crippen molar-refractivity contribution >= 4 is 11.9 Å². The molecule has 0 aliphatic heterocycles. The van der Waals surface area contributed by atoms with Crippen LogP contribution in [0.25, 0.3) is 0 Å². The Morgan fingerprint density at radius 3 is 2.64 bits per heavy atom. The monoisotopic (exact) mass is 162 g/mol. The van der Waals surface area contributed by atoms with Crippen LogP contribution in [-0.2, 0) is 14.4 Å². The molecule has 0 unspecified atom stereocenters. The average molecular weight is 162 g/mol. The molecule has 0 rings (SSSR count). The van der Waals surface area contributed by atoms with Crippen molar-refractivity contribution in [1.82, 2.24) is 5.48 Å². The van der Waals surface area contributed by atoms with Crippen molar-refractivity contribution in [3.05, 3.63) is 0 Å². The van der Waals surface area contributed by atoms with Crippen molar-refractivity contribution in [2.24, 2.45) is 5.73 Å². The van der Waals surface area contributed by atoms with E-state index >= 15 is 0 Å². The van der Waals surface area contributed by atoms with Gasteiger partial charge in [-0.1, -0.05) is 0 Å². The summed E-state index contributed by atoms with van der Waals surface area (Å²) in [4.78, 5) is 24.8. The molecule has 0 aromatic rings. The Bertz CT molecular complexity index is 159. The molecule has 0 fully saturated rings. The molecule has 6 heteroatoms. The van der Waals surface area contributed by atoms with E-state index in [1.54, 1.807) is 5.48 Å². The predicted octanol–water partition coefficient (Wildman–Crippen LogP) is -2.10. The Kier molecular flexibility index (Phi) is 4.16. The van der Waals surface area contributed by atoms with Gasteiger partial charge in [-0.05, 0) is 0 Å². The van der Waals surface area contributed by atoms with Crippen molar-refractivity contribution in [1.29, 1.82) is 0 Å². The zero-order valence-corrected chi connectivity index (χ0v) is 6.03. The Labute approximate surface area is 63.3 Å². The fourth-order valence-corrected chi connectivity index (χ4v) is 0.281. The minimum absolute atomic E-state index is 0.493. The molecule has 1 amide bonds. The summed E-state index contributed by atoms with van der Waals surface area (Å²) in [5.41, 5.74) is 6.81. The lowest BCUT2D eigenvalue weighted by Crippen LogP contribution is -2.43. The van der Waals surface area contributed by atoms with E-state index in [2.05, 4.69) is 4.84 Å². The van der Waals surface area contributed by atoms with Gasteiger partial charge in [0.05, 0.1) is 6.61 Å². The molecule has 6 nitrogen and oxygen atoms in total. The number of hydrogen-bond acceptors (Lipinski definition) is 5. The molecule has 0 aliphatic carbocycles. The van der Waals surface area contributed by atoms with Crippen LogP contribution < -0.4 is 11.2 Å². The zero-order valence-electron chi connectivity index (χ0n) is 6.03. The summed E-state index contributed by atoms with van der Waals surface area (Å²) < 4.78 is 0. The standard InChI is InChI=1S/C5H10N2O4/c1-3(9)11-7-5(10)4(6)2-8/h4,8H,2,6H2,1H3,(H,7,10)/t4-/m0/s1. The van der Waals surface area contributed by atoms with E-state index in [0.29, 0.717) is 0 Å². The van der Waals surface area contributed by atoms with Gasteiger partial charge in [0.2, 0.25) is 0 Å². The van der Waals surface area contributed by atoms with Gasteiger partial charge in [-0.25, -0.2) is 0 Å². The first-order valence-corrected chi connectivity index (χ1v) is 2.91. The molecule has 0 radical (unpaired) electrons. The minimum Gasteiger partial charge on any atom is -0.394 e. The Hall–Kier alpha value is -1.14. The SMILES string of the molecule is CC(=O)ONC(=O)[C@@H](N)CO. The number of rotatable bonds is 2. The lowest BCUT2D eigenvalue weighted by molar-refractivity contribution is -0.156. The summed E-state index contributed by atoms with van der Waals surface area (Å²) in [5.74, 6) is -1.38. The molecule has 0 bridgehead atoms. The second kappa shape index (κ2) is 4.64. The molecule has 0 aliphatic rings. The maximum atomic E-state index is 10.6. The molecule has 11 heavy (non-hydrogen) atoms. The van der Waals surface area contributed by atoms with Gasteiger partial charge in [0, 0.05) is 6.92 Å². The average Bonchev–Trinajstić information content (AvgIpc) is 1.98. The third-order valence-electron chi connectivity index (χ3n) is 0.829. The van der Waals surface area contributed by atoms with E-state index in [1.807, 2.05) is 0 Å². The molecule has 4 N–H and O–H groups in total. The molecular weight excluding hydrogens is 152 g/mol. The van der Waals surface area contributed by atoms with E-state index in [9.17, 15) is 9.59 Å². The molecule has 0 aromatic heterocycles. The number of hydrogen-bond donors (Lipinski definition) is 3. The molecule has 1 atom stereocenters.